The Morgan fingerprint density at radius 1 is 1.32 bits per heavy atom. The van der Waals surface area contributed by atoms with Gasteiger partial charge in [0.1, 0.15) is 0 Å². The van der Waals surface area contributed by atoms with Crippen LogP contribution in [-0.4, -0.2) is 12.2 Å². The van der Waals surface area contributed by atoms with Gasteiger partial charge < -0.3 is 15.2 Å². The molecule has 0 atom stereocenters. The van der Waals surface area contributed by atoms with Crippen molar-refractivity contribution in [2.75, 3.05) is 12.4 Å². The largest absolute Gasteiger partial charge is 0.503 e. The average Bonchev–Trinajstić information content (AvgIpc) is 2.40. The van der Waals surface area contributed by atoms with Gasteiger partial charge in [0.2, 0.25) is 0 Å². The summed E-state index contributed by atoms with van der Waals surface area (Å²) in [6, 6.07) is 11.9. The third kappa shape index (κ3) is 3.76. The second-order valence-electron chi connectivity index (χ2n) is 3.99. The number of nitrogens with one attached hydrogen (secondary N) is 1. The first-order valence-electron chi connectivity index (χ1n) is 5.65. The summed E-state index contributed by atoms with van der Waals surface area (Å²) < 4.78 is 6.95. The molecule has 0 fully saturated rings. The molecule has 0 radical (unpaired) electrons. The van der Waals surface area contributed by atoms with Gasteiger partial charge in [0, 0.05) is 15.8 Å². The van der Waals surface area contributed by atoms with Gasteiger partial charge in [-0.3, -0.25) is 0 Å². The van der Waals surface area contributed by atoms with E-state index in [-0.39, 0.29) is 5.75 Å². The lowest BCUT2D eigenvalue weighted by Gasteiger charge is -2.11. The third-order valence-corrected chi connectivity index (χ3v) is 3.90. The van der Waals surface area contributed by atoms with Gasteiger partial charge in [0.05, 0.1) is 11.6 Å². The van der Waals surface area contributed by atoms with Gasteiger partial charge in [-0.15, -0.1) is 0 Å². The maximum atomic E-state index is 9.75. The highest BCUT2D eigenvalue weighted by molar-refractivity contribution is 14.1. The van der Waals surface area contributed by atoms with E-state index >= 15 is 0 Å². The summed E-state index contributed by atoms with van der Waals surface area (Å²) in [7, 11) is 1.54. The van der Waals surface area contributed by atoms with E-state index in [1.165, 1.54) is 10.7 Å². The molecule has 2 aromatic carbocycles. The molecule has 2 aromatic rings. The number of hydrogen-bond acceptors (Lipinski definition) is 3. The van der Waals surface area contributed by atoms with Crippen LogP contribution in [0.3, 0.4) is 0 Å². The molecule has 19 heavy (non-hydrogen) atoms. The van der Waals surface area contributed by atoms with Crippen molar-refractivity contribution in [2.45, 2.75) is 6.54 Å². The van der Waals surface area contributed by atoms with Crippen molar-refractivity contribution in [3.63, 3.8) is 0 Å². The fraction of sp³-hybridized carbons (Fsp3) is 0.143. The zero-order valence-electron chi connectivity index (χ0n) is 10.3. The Kier molecular flexibility index (Phi) is 4.93. The summed E-state index contributed by atoms with van der Waals surface area (Å²) in [6.45, 7) is 0.662. The minimum Gasteiger partial charge on any atom is -0.503 e. The molecule has 0 saturated heterocycles. The van der Waals surface area contributed by atoms with Crippen molar-refractivity contribution in [1.82, 2.24) is 0 Å². The van der Waals surface area contributed by atoms with Gasteiger partial charge in [0.25, 0.3) is 0 Å². The fourth-order valence-corrected chi connectivity index (χ4v) is 2.72. The first kappa shape index (κ1) is 14.5. The van der Waals surface area contributed by atoms with Crippen molar-refractivity contribution < 1.29 is 9.84 Å². The zero-order chi connectivity index (χ0) is 13.8. The maximum absolute atomic E-state index is 9.75. The lowest BCUT2D eigenvalue weighted by atomic mass is 10.2. The van der Waals surface area contributed by atoms with E-state index in [0.717, 1.165) is 11.3 Å². The number of phenolic OH excluding ortho intramolecular Hbond substituents is 1. The Hall–Kier alpha value is -0.950. The normalized spacial score (nSPS) is 10.3. The highest BCUT2D eigenvalue weighted by Gasteiger charge is 2.08. The van der Waals surface area contributed by atoms with Crippen LogP contribution in [0, 0.1) is 3.57 Å². The molecule has 0 saturated carbocycles. The van der Waals surface area contributed by atoms with Crippen LogP contribution >= 0.6 is 38.5 Å². The van der Waals surface area contributed by atoms with Crippen molar-refractivity contribution in [3.8, 4) is 11.5 Å². The van der Waals surface area contributed by atoms with Crippen LogP contribution in [0.4, 0.5) is 5.69 Å². The molecule has 2 rings (SSSR count). The molecule has 0 amide bonds. The quantitative estimate of drug-likeness (QED) is 0.703. The monoisotopic (exact) mass is 433 g/mol. The molecule has 3 nitrogen and oxygen atoms in total. The molecular formula is C14H13BrINO2. The van der Waals surface area contributed by atoms with Gasteiger partial charge in [-0.1, -0.05) is 6.07 Å². The van der Waals surface area contributed by atoms with Gasteiger partial charge in [-0.05, 0) is 74.4 Å². The van der Waals surface area contributed by atoms with Crippen LogP contribution in [0.5, 0.6) is 11.5 Å². The Bertz CT molecular complexity index is 590. The molecule has 2 N–H and O–H groups in total. The maximum Gasteiger partial charge on any atom is 0.172 e. The minimum atomic E-state index is 0.125. The van der Waals surface area contributed by atoms with E-state index in [2.05, 4.69) is 49.9 Å². The van der Waals surface area contributed by atoms with Crippen LogP contribution < -0.4 is 10.1 Å². The smallest absolute Gasteiger partial charge is 0.172 e. The molecule has 100 valence electrons. The predicted molar refractivity (Wildman–Crippen MR) is 88.8 cm³/mol. The van der Waals surface area contributed by atoms with Gasteiger partial charge >= 0.3 is 0 Å². The van der Waals surface area contributed by atoms with Crippen LogP contribution in [0.1, 0.15) is 5.56 Å². The van der Waals surface area contributed by atoms with Gasteiger partial charge in [-0.25, -0.2) is 0 Å². The molecule has 5 heteroatoms. The van der Waals surface area contributed by atoms with Crippen LogP contribution in [-0.2, 0) is 6.54 Å². The van der Waals surface area contributed by atoms with Crippen LogP contribution in [0.25, 0.3) is 0 Å². The van der Waals surface area contributed by atoms with Crippen molar-refractivity contribution in [3.05, 3.63) is 50.0 Å². The number of phenols is 1. The number of aromatic hydroxyl groups is 1. The number of hydrogen-bond donors (Lipinski definition) is 2. The molecule has 0 aliphatic rings. The van der Waals surface area contributed by atoms with Crippen molar-refractivity contribution >= 4 is 44.2 Å². The van der Waals surface area contributed by atoms with E-state index in [4.69, 9.17) is 4.74 Å². The predicted octanol–water partition coefficient (Wildman–Crippen LogP) is 4.38. The van der Waals surface area contributed by atoms with Crippen molar-refractivity contribution in [2.24, 2.45) is 0 Å². The number of ether oxygens (including phenoxy) is 1. The number of rotatable bonds is 4. The lowest BCUT2D eigenvalue weighted by Crippen LogP contribution is -2.00. The number of methoxy groups -OCH3 is 1. The van der Waals surface area contributed by atoms with Gasteiger partial charge in [0.15, 0.2) is 11.5 Å². The van der Waals surface area contributed by atoms with E-state index in [0.29, 0.717) is 16.8 Å². The van der Waals surface area contributed by atoms with E-state index < -0.39 is 0 Å². The molecule has 0 spiro atoms. The lowest BCUT2D eigenvalue weighted by molar-refractivity contribution is 0.371. The topological polar surface area (TPSA) is 41.5 Å². The molecule has 0 unspecified atom stereocenters. The molecule has 0 bridgehead atoms. The van der Waals surface area contributed by atoms with E-state index in [9.17, 15) is 5.11 Å². The fourth-order valence-electron chi connectivity index (χ4n) is 1.69. The van der Waals surface area contributed by atoms with Crippen LogP contribution in [0.2, 0.25) is 0 Å². The molecule has 0 aliphatic heterocycles. The van der Waals surface area contributed by atoms with Gasteiger partial charge in [-0.2, -0.15) is 0 Å². The van der Waals surface area contributed by atoms with Crippen molar-refractivity contribution in [1.29, 1.82) is 0 Å². The Morgan fingerprint density at radius 3 is 2.79 bits per heavy atom. The second-order valence-corrected chi connectivity index (χ2v) is 6.09. The summed E-state index contributed by atoms with van der Waals surface area (Å²) >= 11 is 5.60. The summed E-state index contributed by atoms with van der Waals surface area (Å²) in [6.07, 6.45) is 0. The summed E-state index contributed by atoms with van der Waals surface area (Å²) in [5.41, 5.74) is 2.09. The summed E-state index contributed by atoms with van der Waals surface area (Å²) in [5.74, 6) is 0.592. The SMILES string of the molecule is COc1cc(CNc2cccc(I)c2)cc(Br)c1O. The Labute approximate surface area is 134 Å². The van der Waals surface area contributed by atoms with E-state index in [1.807, 2.05) is 30.3 Å². The molecule has 0 heterocycles. The second kappa shape index (κ2) is 6.47. The average molecular weight is 434 g/mol. The Morgan fingerprint density at radius 2 is 2.11 bits per heavy atom. The summed E-state index contributed by atoms with van der Waals surface area (Å²) in [4.78, 5) is 0. The first-order chi connectivity index (χ1) is 9.10. The Balaban J connectivity index is 2.13. The summed E-state index contributed by atoms with van der Waals surface area (Å²) in [5, 5.41) is 13.1. The van der Waals surface area contributed by atoms with E-state index in [1.54, 1.807) is 0 Å². The standard InChI is InChI=1S/C14H13BrINO2/c1-19-13-6-9(5-12(15)14(13)18)8-17-11-4-2-3-10(16)7-11/h2-7,17-18H,8H2,1H3. The first-order valence-corrected chi connectivity index (χ1v) is 7.52. The number of halogens is 2. The molecule has 0 aliphatic carbocycles. The highest BCUT2D eigenvalue weighted by Crippen LogP contribution is 2.35. The molecular weight excluding hydrogens is 421 g/mol. The third-order valence-electron chi connectivity index (χ3n) is 2.63. The van der Waals surface area contributed by atoms with Crippen LogP contribution in [0.15, 0.2) is 40.9 Å². The minimum absolute atomic E-state index is 0.125. The number of anilines is 1. The zero-order valence-corrected chi connectivity index (χ0v) is 14.0. The molecule has 0 aromatic heterocycles. The number of benzene rings is 2. The highest BCUT2D eigenvalue weighted by atomic mass is 127.